The first kappa shape index (κ1) is 20.6. The van der Waals surface area contributed by atoms with Gasteiger partial charge in [-0.3, -0.25) is 4.79 Å². The van der Waals surface area contributed by atoms with Gasteiger partial charge in [0.25, 0.3) is 0 Å². The predicted octanol–water partition coefficient (Wildman–Crippen LogP) is 4.52. The maximum absolute atomic E-state index is 12.2. The Labute approximate surface area is 161 Å². The lowest BCUT2D eigenvalue weighted by molar-refractivity contribution is -0.121. The minimum atomic E-state index is -0.109. The standard InChI is InChI=1S/C22H29NO4/c1-4-25-20-14-13-18(16-21(20)26-5-2)17(3)23-22(24)12-9-15-27-19-10-7-6-8-11-19/h6-8,10-11,13-14,16-17H,4-5,9,12,15H2,1-3H3,(H,23,24). The molecule has 0 spiro atoms. The maximum Gasteiger partial charge on any atom is 0.220 e. The van der Waals surface area contributed by atoms with E-state index in [1.165, 1.54) is 0 Å². The summed E-state index contributed by atoms with van der Waals surface area (Å²) in [6.45, 7) is 7.49. The summed E-state index contributed by atoms with van der Waals surface area (Å²) in [5.41, 5.74) is 0.982. The van der Waals surface area contributed by atoms with E-state index in [2.05, 4.69) is 5.32 Å². The number of carbonyl (C=O) groups is 1. The minimum absolute atomic E-state index is 0.00556. The third kappa shape index (κ3) is 6.85. The van der Waals surface area contributed by atoms with Crippen molar-refractivity contribution in [2.75, 3.05) is 19.8 Å². The van der Waals surface area contributed by atoms with Crippen LogP contribution in [0.15, 0.2) is 48.5 Å². The van der Waals surface area contributed by atoms with Crippen LogP contribution < -0.4 is 19.5 Å². The quantitative estimate of drug-likeness (QED) is 0.590. The van der Waals surface area contributed by atoms with Crippen molar-refractivity contribution in [3.8, 4) is 17.2 Å². The summed E-state index contributed by atoms with van der Waals surface area (Å²) in [5, 5.41) is 3.02. The van der Waals surface area contributed by atoms with Crippen LogP contribution in [0, 0.1) is 0 Å². The number of ether oxygens (including phenoxy) is 3. The van der Waals surface area contributed by atoms with Crippen molar-refractivity contribution in [1.82, 2.24) is 5.32 Å². The van der Waals surface area contributed by atoms with E-state index in [0.29, 0.717) is 38.4 Å². The summed E-state index contributed by atoms with van der Waals surface area (Å²) < 4.78 is 16.8. The Hall–Kier alpha value is -2.69. The molecule has 0 bridgehead atoms. The van der Waals surface area contributed by atoms with Crippen molar-refractivity contribution >= 4 is 5.91 Å². The Balaban J connectivity index is 1.81. The van der Waals surface area contributed by atoms with Crippen molar-refractivity contribution in [3.63, 3.8) is 0 Å². The molecule has 0 heterocycles. The third-order valence-corrected chi connectivity index (χ3v) is 4.01. The Morgan fingerprint density at radius 1 is 0.963 bits per heavy atom. The predicted molar refractivity (Wildman–Crippen MR) is 107 cm³/mol. The van der Waals surface area contributed by atoms with Crippen molar-refractivity contribution in [2.45, 2.75) is 39.7 Å². The Morgan fingerprint density at radius 3 is 2.37 bits per heavy atom. The molecule has 0 fully saturated rings. The zero-order valence-electron chi connectivity index (χ0n) is 16.4. The van der Waals surface area contributed by atoms with E-state index in [4.69, 9.17) is 14.2 Å². The van der Waals surface area contributed by atoms with Crippen molar-refractivity contribution in [2.24, 2.45) is 0 Å². The molecule has 0 saturated carbocycles. The molecule has 5 heteroatoms. The van der Waals surface area contributed by atoms with Gasteiger partial charge in [0.05, 0.1) is 25.9 Å². The van der Waals surface area contributed by atoms with Gasteiger partial charge < -0.3 is 19.5 Å². The summed E-state index contributed by atoms with van der Waals surface area (Å²) in [7, 11) is 0. The molecule has 2 aromatic rings. The number of nitrogens with one attached hydrogen (secondary N) is 1. The van der Waals surface area contributed by atoms with Gasteiger partial charge in [0.15, 0.2) is 11.5 Å². The van der Waals surface area contributed by atoms with Crippen molar-refractivity contribution in [3.05, 3.63) is 54.1 Å². The highest BCUT2D eigenvalue weighted by Gasteiger charge is 2.13. The Bertz CT molecular complexity index is 703. The average Bonchev–Trinajstić information content (AvgIpc) is 2.68. The number of hydrogen-bond donors (Lipinski definition) is 1. The third-order valence-electron chi connectivity index (χ3n) is 4.01. The van der Waals surface area contributed by atoms with E-state index in [-0.39, 0.29) is 11.9 Å². The zero-order chi connectivity index (χ0) is 19.5. The smallest absolute Gasteiger partial charge is 0.220 e. The number of benzene rings is 2. The Morgan fingerprint density at radius 2 is 1.67 bits per heavy atom. The lowest BCUT2D eigenvalue weighted by atomic mass is 10.1. The molecule has 1 unspecified atom stereocenters. The summed E-state index contributed by atoms with van der Waals surface area (Å²) in [6, 6.07) is 15.3. The van der Waals surface area contributed by atoms with Crippen LogP contribution in [-0.4, -0.2) is 25.7 Å². The highest BCUT2D eigenvalue weighted by atomic mass is 16.5. The molecule has 27 heavy (non-hydrogen) atoms. The lowest BCUT2D eigenvalue weighted by Gasteiger charge is -2.17. The van der Waals surface area contributed by atoms with Gasteiger partial charge in [0, 0.05) is 6.42 Å². The van der Waals surface area contributed by atoms with Crippen LogP contribution in [0.2, 0.25) is 0 Å². The van der Waals surface area contributed by atoms with Gasteiger partial charge in [-0.25, -0.2) is 0 Å². The summed E-state index contributed by atoms with van der Waals surface area (Å²) >= 11 is 0. The van der Waals surface area contributed by atoms with E-state index in [1.807, 2.05) is 69.3 Å². The molecule has 1 N–H and O–H groups in total. The first-order valence-electron chi connectivity index (χ1n) is 9.50. The SMILES string of the molecule is CCOc1ccc(C(C)NC(=O)CCCOc2ccccc2)cc1OCC. The molecular weight excluding hydrogens is 342 g/mol. The van der Waals surface area contributed by atoms with Gasteiger partial charge in [-0.15, -0.1) is 0 Å². The highest BCUT2D eigenvalue weighted by Crippen LogP contribution is 2.30. The normalized spacial score (nSPS) is 11.5. The van der Waals surface area contributed by atoms with Gasteiger partial charge in [-0.1, -0.05) is 24.3 Å². The number of para-hydroxylation sites is 1. The molecule has 0 aliphatic heterocycles. The van der Waals surface area contributed by atoms with Crippen LogP contribution in [0.1, 0.15) is 45.2 Å². The van der Waals surface area contributed by atoms with Crippen LogP contribution in [0.3, 0.4) is 0 Å². The molecule has 146 valence electrons. The van der Waals surface area contributed by atoms with Gasteiger partial charge >= 0.3 is 0 Å². The van der Waals surface area contributed by atoms with Crippen LogP contribution in [-0.2, 0) is 4.79 Å². The summed E-state index contributed by atoms with van der Waals surface area (Å²) in [4.78, 5) is 12.2. The number of hydrogen-bond acceptors (Lipinski definition) is 4. The fourth-order valence-corrected chi connectivity index (χ4v) is 2.67. The maximum atomic E-state index is 12.2. The minimum Gasteiger partial charge on any atom is -0.494 e. The van der Waals surface area contributed by atoms with Crippen molar-refractivity contribution in [1.29, 1.82) is 0 Å². The molecule has 2 rings (SSSR count). The first-order valence-corrected chi connectivity index (χ1v) is 9.50. The first-order chi connectivity index (χ1) is 13.1. The topological polar surface area (TPSA) is 56.8 Å². The molecule has 0 saturated heterocycles. The molecule has 5 nitrogen and oxygen atoms in total. The summed E-state index contributed by atoms with van der Waals surface area (Å²) in [5.74, 6) is 2.25. The summed E-state index contributed by atoms with van der Waals surface area (Å²) in [6.07, 6.45) is 1.09. The molecule has 1 amide bonds. The zero-order valence-corrected chi connectivity index (χ0v) is 16.4. The average molecular weight is 371 g/mol. The van der Waals surface area contributed by atoms with Gasteiger partial charge in [0.1, 0.15) is 5.75 Å². The molecular formula is C22H29NO4. The van der Waals surface area contributed by atoms with Gasteiger partial charge in [-0.05, 0) is 57.0 Å². The van der Waals surface area contributed by atoms with Crippen molar-refractivity contribution < 1.29 is 19.0 Å². The molecule has 1 atom stereocenters. The van der Waals surface area contributed by atoms with E-state index < -0.39 is 0 Å². The van der Waals surface area contributed by atoms with E-state index in [1.54, 1.807) is 0 Å². The Kier molecular flexibility index (Phi) is 8.49. The van der Waals surface area contributed by atoms with E-state index in [9.17, 15) is 4.79 Å². The second-order valence-electron chi connectivity index (χ2n) is 6.13. The number of rotatable bonds is 11. The van der Waals surface area contributed by atoms with Crippen LogP contribution in [0.25, 0.3) is 0 Å². The van der Waals surface area contributed by atoms with Crippen LogP contribution >= 0.6 is 0 Å². The second kappa shape index (κ2) is 11.1. The highest BCUT2D eigenvalue weighted by molar-refractivity contribution is 5.76. The fraction of sp³-hybridized carbons (Fsp3) is 0.409. The van der Waals surface area contributed by atoms with Crippen LogP contribution in [0.5, 0.6) is 17.2 Å². The van der Waals surface area contributed by atoms with E-state index in [0.717, 1.165) is 17.1 Å². The van der Waals surface area contributed by atoms with E-state index >= 15 is 0 Å². The fourth-order valence-electron chi connectivity index (χ4n) is 2.67. The monoisotopic (exact) mass is 371 g/mol. The second-order valence-corrected chi connectivity index (χ2v) is 6.13. The molecule has 0 aliphatic carbocycles. The van der Waals surface area contributed by atoms with Gasteiger partial charge in [0.2, 0.25) is 5.91 Å². The van der Waals surface area contributed by atoms with Gasteiger partial charge in [-0.2, -0.15) is 0 Å². The number of carbonyl (C=O) groups excluding carboxylic acids is 1. The molecule has 0 aromatic heterocycles. The lowest BCUT2D eigenvalue weighted by Crippen LogP contribution is -2.26. The molecule has 0 radical (unpaired) electrons. The largest absolute Gasteiger partial charge is 0.494 e. The molecule has 0 aliphatic rings. The number of amides is 1. The van der Waals surface area contributed by atoms with Crippen LogP contribution in [0.4, 0.5) is 0 Å². The molecule has 2 aromatic carbocycles.